The summed E-state index contributed by atoms with van der Waals surface area (Å²) in [6, 6.07) is 22.9. The standard InChI is InChI=1S/C33H34O4/c1-36-30-10-7-26(16-28(30)9-12-32(34)35)27-8-11-31(37-21-22-5-3-2-4-6-22)29(17-27)33-18-23-13-24(19-33)15-25(14-23)20-33/h2-12,16-17,23-25H,13-15,18-21H2,1H3,(H,34,35)/p-1/b12-9+. The van der Waals surface area contributed by atoms with Gasteiger partial charge in [0, 0.05) is 11.1 Å². The van der Waals surface area contributed by atoms with Crippen LogP contribution in [-0.2, 0) is 16.8 Å². The summed E-state index contributed by atoms with van der Waals surface area (Å²) in [5.74, 6) is 2.90. The lowest BCUT2D eigenvalue weighted by Crippen LogP contribution is -2.48. The first-order valence-electron chi connectivity index (χ1n) is 13.4. The maximum absolute atomic E-state index is 11.0. The fourth-order valence-corrected chi connectivity index (χ4v) is 7.63. The van der Waals surface area contributed by atoms with Gasteiger partial charge in [0.2, 0.25) is 0 Å². The molecule has 4 aliphatic carbocycles. The van der Waals surface area contributed by atoms with E-state index in [1.165, 1.54) is 55.7 Å². The summed E-state index contributed by atoms with van der Waals surface area (Å²) in [4.78, 5) is 11.0. The Morgan fingerprint density at radius 3 is 2.14 bits per heavy atom. The number of carbonyl (C=O) groups excluding carboxylic acids is 1. The number of hydrogen-bond acceptors (Lipinski definition) is 4. The molecule has 7 rings (SSSR count). The predicted octanol–water partition coefficient (Wildman–Crippen LogP) is 6.17. The lowest BCUT2D eigenvalue weighted by molar-refractivity contribution is -0.297. The molecule has 0 unspecified atom stereocenters. The number of methoxy groups -OCH3 is 1. The maximum atomic E-state index is 11.0. The SMILES string of the molecule is COc1ccc(-c2ccc(OCc3ccccc3)c(C34CC5CC(CC(C5)C3)C4)c2)cc1/C=C/C(=O)[O-]. The molecule has 0 heterocycles. The third kappa shape index (κ3) is 4.77. The summed E-state index contributed by atoms with van der Waals surface area (Å²) < 4.78 is 12.0. The fraction of sp³-hybridized carbons (Fsp3) is 0.364. The molecular formula is C33H33O4-. The van der Waals surface area contributed by atoms with Crippen LogP contribution >= 0.6 is 0 Å². The summed E-state index contributed by atoms with van der Waals surface area (Å²) in [6.45, 7) is 0.556. The van der Waals surface area contributed by atoms with Gasteiger partial charge in [0.25, 0.3) is 0 Å². The predicted molar refractivity (Wildman–Crippen MR) is 143 cm³/mol. The van der Waals surface area contributed by atoms with Crippen molar-refractivity contribution < 1.29 is 19.4 Å². The van der Waals surface area contributed by atoms with Gasteiger partial charge in [-0.05, 0) is 115 Å². The molecule has 4 saturated carbocycles. The van der Waals surface area contributed by atoms with Crippen molar-refractivity contribution >= 4 is 12.0 Å². The summed E-state index contributed by atoms with van der Waals surface area (Å²) in [7, 11) is 1.59. The van der Waals surface area contributed by atoms with Crippen LogP contribution in [0, 0.1) is 17.8 Å². The van der Waals surface area contributed by atoms with Crippen molar-refractivity contribution in [2.24, 2.45) is 17.8 Å². The van der Waals surface area contributed by atoms with Gasteiger partial charge < -0.3 is 19.4 Å². The van der Waals surface area contributed by atoms with Crippen molar-refractivity contribution in [3.8, 4) is 22.6 Å². The highest BCUT2D eigenvalue weighted by Crippen LogP contribution is 2.62. The van der Waals surface area contributed by atoms with E-state index in [9.17, 15) is 9.90 Å². The second kappa shape index (κ2) is 9.74. The Morgan fingerprint density at radius 1 is 0.892 bits per heavy atom. The van der Waals surface area contributed by atoms with Crippen LogP contribution in [-0.4, -0.2) is 13.1 Å². The highest BCUT2D eigenvalue weighted by Gasteiger charge is 2.52. The van der Waals surface area contributed by atoms with Crippen LogP contribution in [0.2, 0.25) is 0 Å². The maximum Gasteiger partial charge on any atom is 0.126 e. The van der Waals surface area contributed by atoms with Gasteiger partial charge in [-0.3, -0.25) is 0 Å². The molecule has 4 aliphatic rings. The smallest absolute Gasteiger partial charge is 0.126 e. The summed E-state index contributed by atoms with van der Waals surface area (Å²) in [5, 5.41) is 11.0. The third-order valence-corrected chi connectivity index (χ3v) is 8.79. The van der Waals surface area contributed by atoms with Gasteiger partial charge in [0.05, 0.1) is 13.1 Å². The first kappa shape index (κ1) is 23.8. The average Bonchev–Trinajstić information content (AvgIpc) is 2.90. The summed E-state index contributed by atoms with van der Waals surface area (Å²) >= 11 is 0. The van der Waals surface area contributed by atoms with E-state index >= 15 is 0 Å². The number of benzene rings is 3. The first-order chi connectivity index (χ1) is 18.0. The van der Waals surface area contributed by atoms with Gasteiger partial charge in [-0.1, -0.05) is 42.5 Å². The molecule has 4 heteroatoms. The lowest BCUT2D eigenvalue weighted by Gasteiger charge is -2.57. The van der Waals surface area contributed by atoms with Crippen LogP contribution in [0.1, 0.15) is 55.2 Å². The van der Waals surface area contributed by atoms with Crippen LogP contribution in [0.25, 0.3) is 17.2 Å². The molecular weight excluding hydrogens is 460 g/mol. The van der Waals surface area contributed by atoms with E-state index in [0.29, 0.717) is 17.9 Å². The molecule has 190 valence electrons. The quantitative estimate of drug-likeness (QED) is 0.352. The molecule has 0 amide bonds. The minimum Gasteiger partial charge on any atom is -0.545 e. The Bertz CT molecular complexity index is 1290. The van der Waals surface area contributed by atoms with Crippen molar-refractivity contribution in [2.45, 2.75) is 50.5 Å². The zero-order chi connectivity index (χ0) is 25.4. The van der Waals surface area contributed by atoms with Crippen molar-refractivity contribution in [2.75, 3.05) is 7.11 Å². The lowest BCUT2D eigenvalue weighted by atomic mass is 9.48. The van der Waals surface area contributed by atoms with E-state index in [4.69, 9.17) is 9.47 Å². The molecule has 0 atom stereocenters. The van der Waals surface area contributed by atoms with E-state index < -0.39 is 5.97 Å². The normalized spacial score (nSPS) is 25.9. The molecule has 3 aromatic carbocycles. The Labute approximate surface area is 218 Å². The molecule has 0 saturated heterocycles. The van der Waals surface area contributed by atoms with E-state index in [2.05, 4.69) is 42.5 Å². The Morgan fingerprint density at radius 2 is 1.51 bits per heavy atom. The number of carbonyl (C=O) groups is 1. The monoisotopic (exact) mass is 493 g/mol. The van der Waals surface area contributed by atoms with Crippen LogP contribution in [0.15, 0.2) is 72.8 Å². The Balaban J connectivity index is 1.40. The van der Waals surface area contributed by atoms with Gasteiger partial charge in [0.1, 0.15) is 18.1 Å². The fourth-order valence-electron chi connectivity index (χ4n) is 7.63. The molecule has 4 fully saturated rings. The van der Waals surface area contributed by atoms with Gasteiger partial charge >= 0.3 is 0 Å². The molecule has 0 aromatic heterocycles. The molecule has 37 heavy (non-hydrogen) atoms. The van der Waals surface area contributed by atoms with Crippen molar-refractivity contribution in [3.05, 3.63) is 89.5 Å². The number of rotatable bonds is 8. The number of aliphatic carboxylic acids is 1. The topological polar surface area (TPSA) is 58.6 Å². The second-order valence-corrected chi connectivity index (χ2v) is 11.3. The zero-order valence-electron chi connectivity index (χ0n) is 21.3. The minimum absolute atomic E-state index is 0.182. The van der Waals surface area contributed by atoms with E-state index in [1.807, 2.05) is 24.3 Å². The van der Waals surface area contributed by atoms with Crippen LogP contribution in [0.3, 0.4) is 0 Å². The third-order valence-electron chi connectivity index (χ3n) is 8.79. The van der Waals surface area contributed by atoms with Crippen LogP contribution in [0.4, 0.5) is 0 Å². The molecule has 0 N–H and O–H groups in total. The highest BCUT2D eigenvalue weighted by atomic mass is 16.5. The molecule has 0 aliphatic heterocycles. The molecule has 4 nitrogen and oxygen atoms in total. The number of ether oxygens (including phenoxy) is 2. The molecule has 0 spiro atoms. The molecule has 0 radical (unpaired) electrons. The van der Waals surface area contributed by atoms with Gasteiger partial charge in [-0.25, -0.2) is 0 Å². The van der Waals surface area contributed by atoms with Gasteiger partial charge in [-0.2, -0.15) is 0 Å². The largest absolute Gasteiger partial charge is 0.545 e. The Kier molecular flexibility index (Phi) is 6.27. The molecule has 3 aromatic rings. The van der Waals surface area contributed by atoms with Crippen molar-refractivity contribution in [3.63, 3.8) is 0 Å². The van der Waals surface area contributed by atoms with Gasteiger partial charge in [-0.15, -0.1) is 0 Å². The van der Waals surface area contributed by atoms with Gasteiger partial charge in [0.15, 0.2) is 0 Å². The molecule has 4 bridgehead atoms. The minimum atomic E-state index is -1.23. The Hall–Kier alpha value is -3.53. The second-order valence-electron chi connectivity index (χ2n) is 11.3. The first-order valence-corrected chi connectivity index (χ1v) is 13.4. The number of hydrogen-bond donors (Lipinski definition) is 0. The number of carboxylic acid groups (broad SMARTS) is 1. The van der Waals surface area contributed by atoms with Crippen LogP contribution in [0.5, 0.6) is 11.5 Å². The summed E-state index contributed by atoms with van der Waals surface area (Å²) in [6.07, 6.45) is 10.5. The summed E-state index contributed by atoms with van der Waals surface area (Å²) in [5.41, 5.74) is 5.55. The van der Waals surface area contributed by atoms with Crippen LogP contribution < -0.4 is 14.6 Å². The van der Waals surface area contributed by atoms with Crippen molar-refractivity contribution in [1.82, 2.24) is 0 Å². The van der Waals surface area contributed by atoms with Crippen molar-refractivity contribution in [1.29, 1.82) is 0 Å². The zero-order valence-corrected chi connectivity index (χ0v) is 21.3. The highest BCUT2D eigenvalue weighted by molar-refractivity contribution is 5.85. The number of carboxylic acids is 1. The van der Waals surface area contributed by atoms with E-state index in [0.717, 1.165) is 40.7 Å². The average molecular weight is 494 g/mol. The van der Waals surface area contributed by atoms with E-state index in [-0.39, 0.29) is 5.41 Å². The van der Waals surface area contributed by atoms with E-state index in [1.54, 1.807) is 7.11 Å².